The molecule has 0 aliphatic carbocycles. The molecule has 0 aromatic heterocycles. The fraction of sp³-hybridized carbons (Fsp3) is 0.125. The van der Waals surface area contributed by atoms with E-state index in [1.54, 1.807) is 30.3 Å². The molecule has 4 aromatic rings. The summed E-state index contributed by atoms with van der Waals surface area (Å²) in [4.78, 5) is 12.9. The van der Waals surface area contributed by atoms with Gasteiger partial charge in [0.2, 0.25) is 0 Å². The zero-order valence-corrected chi connectivity index (χ0v) is 25.4. The van der Waals surface area contributed by atoms with E-state index in [9.17, 15) is 10.1 Å². The molecule has 0 fully saturated rings. The van der Waals surface area contributed by atoms with E-state index in [4.69, 9.17) is 14.2 Å². The van der Waals surface area contributed by atoms with Crippen LogP contribution in [0.5, 0.6) is 17.2 Å². The molecular formula is C32H26BrIN2O4. The van der Waals surface area contributed by atoms with Crippen LogP contribution < -0.4 is 19.5 Å². The molecule has 0 saturated heterocycles. The number of benzene rings is 4. The Labute approximate surface area is 255 Å². The summed E-state index contributed by atoms with van der Waals surface area (Å²) in [6.45, 7) is 3.16. The van der Waals surface area contributed by atoms with Crippen molar-refractivity contribution in [3.05, 3.63) is 121 Å². The molecular weight excluding hydrogens is 683 g/mol. The van der Waals surface area contributed by atoms with Crippen LogP contribution in [0.3, 0.4) is 0 Å². The number of nitriles is 1. The molecule has 4 rings (SSSR count). The van der Waals surface area contributed by atoms with Crippen LogP contribution in [0.4, 0.5) is 5.69 Å². The topological polar surface area (TPSA) is 80.6 Å². The van der Waals surface area contributed by atoms with Gasteiger partial charge in [-0.2, -0.15) is 5.26 Å². The monoisotopic (exact) mass is 708 g/mol. The van der Waals surface area contributed by atoms with Gasteiger partial charge in [-0.1, -0.05) is 58.4 Å². The number of rotatable bonds is 11. The number of hydrogen-bond donors (Lipinski definition) is 1. The normalized spacial score (nSPS) is 10.9. The molecule has 0 aliphatic rings. The summed E-state index contributed by atoms with van der Waals surface area (Å²) in [7, 11) is 0. The summed E-state index contributed by atoms with van der Waals surface area (Å²) >= 11 is 5.59. The number of nitrogens with one attached hydrogen (secondary N) is 1. The van der Waals surface area contributed by atoms with Gasteiger partial charge in [0.15, 0.2) is 11.5 Å². The van der Waals surface area contributed by atoms with E-state index >= 15 is 0 Å². The minimum absolute atomic E-state index is 0.0354. The van der Waals surface area contributed by atoms with Gasteiger partial charge in [0.1, 0.15) is 30.6 Å². The lowest BCUT2D eigenvalue weighted by molar-refractivity contribution is -0.112. The van der Waals surface area contributed by atoms with Gasteiger partial charge in [-0.3, -0.25) is 4.79 Å². The largest absolute Gasteiger partial charge is 0.490 e. The molecule has 202 valence electrons. The number of ether oxygens (including phenoxy) is 3. The lowest BCUT2D eigenvalue weighted by atomic mass is 10.1. The Kier molecular flexibility index (Phi) is 10.6. The van der Waals surface area contributed by atoms with Gasteiger partial charge in [0.05, 0.1) is 10.2 Å². The van der Waals surface area contributed by atoms with Crippen LogP contribution in [0.15, 0.2) is 101 Å². The standard InChI is InChI=1S/C32H26BrIN2O4/c1-2-38-30-18-24(17-29(34)31(30)40-21-22-6-4-3-5-7-22)16-25(19-35)32(37)36-27-12-14-28(15-13-27)39-20-23-8-10-26(33)11-9-23/h3-18H,2,20-21H2,1H3,(H,36,37)/b25-16+. The molecule has 4 aromatic carbocycles. The van der Waals surface area contributed by atoms with E-state index < -0.39 is 5.91 Å². The van der Waals surface area contributed by atoms with Gasteiger partial charge >= 0.3 is 0 Å². The third-order valence-electron chi connectivity index (χ3n) is 5.66. The van der Waals surface area contributed by atoms with E-state index in [2.05, 4.69) is 43.8 Å². The maximum Gasteiger partial charge on any atom is 0.266 e. The minimum atomic E-state index is -0.511. The number of anilines is 1. The van der Waals surface area contributed by atoms with Crippen molar-refractivity contribution in [2.45, 2.75) is 20.1 Å². The first-order chi connectivity index (χ1) is 19.4. The number of halogens is 2. The van der Waals surface area contributed by atoms with Crippen LogP contribution in [0.2, 0.25) is 0 Å². The Morgan fingerprint density at radius 1 is 0.925 bits per heavy atom. The second-order valence-electron chi connectivity index (χ2n) is 8.60. The van der Waals surface area contributed by atoms with Crippen LogP contribution >= 0.6 is 38.5 Å². The molecule has 0 saturated carbocycles. The SMILES string of the molecule is CCOc1cc(/C=C(\C#N)C(=O)Nc2ccc(OCc3ccc(Br)cc3)cc2)cc(I)c1OCc1ccccc1. The fourth-order valence-corrected chi connectivity index (χ4v) is 4.74. The van der Waals surface area contributed by atoms with Crippen LogP contribution in [0.25, 0.3) is 6.08 Å². The zero-order valence-electron chi connectivity index (χ0n) is 21.7. The quantitative estimate of drug-likeness (QED) is 0.0967. The van der Waals surface area contributed by atoms with Gasteiger partial charge in [0.25, 0.3) is 5.91 Å². The number of hydrogen-bond acceptors (Lipinski definition) is 5. The first-order valence-electron chi connectivity index (χ1n) is 12.5. The summed E-state index contributed by atoms with van der Waals surface area (Å²) in [5.41, 5.74) is 3.26. The molecule has 0 aliphatic heterocycles. The molecule has 0 heterocycles. The molecule has 40 heavy (non-hydrogen) atoms. The summed E-state index contributed by atoms with van der Waals surface area (Å²) in [5, 5.41) is 12.5. The van der Waals surface area contributed by atoms with Gasteiger partial charge in [0, 0.05) is 10.2 Å². The van der Waals surface area contributed by atoms with E-state index in [0.29, 0.717) is 48.3 Å². The molecule has 0 radical (unpaired) electrons. The molecule has 0 bridgehead atoms. The predicted octanol–water partition coefficient (Wildman–Crippen LogP) is 8.16. The van der Waals surface area contributed by atoms with Crippen molar-refractivity contribution in [3.8, 4) is 23.3 Å². The molecule has 0 spiro atoms. The Morgan fingerprint density at radius 3 is 2.27 bits per heavy atom. The molecule has 0 atom stereocenters. The van der Waals surface area contributed by atoms with Crippen LogP contribution in [-0.2, 0) is 18.0 Å². The summed E-state index contributed by atoms with van der Waals surface area (Å²) in [5.74, 6) is 1.33. The average Bonchev–Trinajstić information content (AvgIpc) is 2.96. The van der Waals surface area contributed by atoms with Crippen molar-refractivity contribution < 1.29 is 19.0 Å². The number of carbonyl (C=O) groups excluding carboxylic acids is 1. The molecule has 0 unspecified atom stereocenters. The average molecular weight is 709 g/mol. The first kappa shape index (κ1) is 29.2. The van der Waals surface area contributed by atoms with Gasteiger partial charge < -0.3 is 19.5 Å². The van der Waals surface area contributed by atoms with Crippen molar-refractivity contribution in [2.75, 3.05) is 11.9 Å². The molecule has 1 amide bonds. The van der Waals surface area contributed by atoms with Crippen molar-refractivity contribution in [1.82, 2.24) is 0 Å². The third kappa shape index (κ3) is 8.34. The number of carbonyl (C=O) groups is 1. The van der Waals surface area contributed by atoms with Gasteiger partial charge in [-0.25, -0.2) is 0 Å². The summed E-state index contributed by atoms with van der Waals surface area (Å²) in [6, 6.07) is 30.4. The fourth-order valence-electron chi connectivity index (χ4n) is 3.70. The number of amides is 1. The summed E-state index contributed by atoms with van der Waals surface area (Å²) in [6.07, 6.45) is 1.54. The smallest absolute Gasteiger partial charge is 0.266 e. The van der Waals surface area contributed by atoms with Crippen molar-refractivity contribution in [1.29, 1.82) is 5.26 Å². The van der Waals surface area contributed by atoms with Crippen molar-refractivity contribution in [2.24, 2.45) is 0 Å². The lowest BCUT2D eigenvalue weighted by Gasteiger charge is -2.15. The Hall–Kier alpha value is -3.81. The second-order valence-corrected chi connectivity index (χ2v) is 10.7. The Bertz CT molecular complexity index is 1520. The van der Waals surface area contributed by atoms with Crippen molar-refractivity contribution >= 4 is 56.2 Å². The minimum Gasteiger partial charge on any atom is -0.490 e. The Morgan fingerprint density at radius 2 is 1.60 bits per heavy atom. The van der Waals surface area contributed by atoms with Crippen LogP contribution in [0, 0.1) is 14.9 Å². The molecule has 6 nitrogen and oxygen atoms in total. The molecule has 8 heteroatoms. The van der Waals surface area contributed by atoms with Crippen LogP contribution in [0.1, 0.15) is 23.6 Å². The lowest BCUT2D eigenvalue weighted by Crippen LogP contribution is -2.13. The van der Waals surface area contributed by atoms with Crippen molar-refractivity contribution in [3.63, 3.8) is 0 Å². The van der Waals surface area contributed by atoms with E-state index in [0.717, 1.165) is 19.2 Å². The first-order valence-corrected chi connectivity index (χ1v) is 14.4. The predicted molar refractivity (Wildman–Crippen MR) is 168 cm³/mol. The second kappa shape index (κ2) is 14.5. The maximum absolute atomic E-state index is 12.9. The number of nitrogens with zero attached hydrogens (tertiary/aromatic N) is 1. The third-order valence-corrected chi connectivity index (χ3v) is 6.99. The highest BCUT2D eigenvalue weighted by molar-refractivity contribution is 14.1. The highest BCUT2D eigenvalue weighted by atomic mass is 127. The van der Waals surface area contributed by atoms with Gasteiger partial charge in [-0.15, -0.1) is 0 Å². The van der Waals surface area contributed by atoms with E-state index in [1.807, 2.05) is 73.7 Å². The maximum atomic E-state index is 12.9. The van der Waals surface area contributed by atoms with E-state index in [1.165, 1.54) is 6.08 Å². The van der Waals surface area contributed by atoms with Gasteiger partial charge in [-0.05, 0) is 101 Å². The zero-order chi connectivity index (χ0) is 28.3. The Balaban J connectivity index is 1.43. The highest BCUT2D eigenvalue weighted by Crippen LogP contribution is 2.35. The van der Waals surface area contributed by atoms with Crippen LogP contribution in [-0.4, -0.2) is 12.5 Å². The molecule has 1 N–H and O–H groups in total. The highest BCUT2D eigenvalue weighted by Gasteiger charge is 2.15. The van der Waals surface area contributed by atoms with E-state index in [-0.39, 0.29) is 5.57 Å². The summed E-state index contributed by atoms with van der Waals surface area (Å²) < 4.78 is 19.5.